The molecule has 5 nitrogen and oxygen atoms in total. The molecule has 25 heavy (non-hydrogen) atoms. The van der Waals surface area contributed by atoms with Crippen LogP contribution in [-0.2, 0) is 11.2 Å². The van der Waals surface area contributed by atoms with E-state index in [0.717, 1.165) is 29.4 Å². The van der Waals surface area contributed by atoms with Gasteiger partial charge in [0.25, 0.3) is 0 Å². The number of likely N-dealkylation sites (tertiary alicyclic amines) is 2. The van der Waals surface area contributed by atoms with E-state index < -0.39 is 6.10 Å². The van der Waals surface area contributed by atoms with Crippen LogP contribution in [0.3, 0.4) is 0 Å². The van der Waals surface area contributed by atoms with E-state index >= 15 is 0 Å². The molecule has 0 saturated carbocycles. The zero-order valence-electron chi connectivity index (χ0n) is 14.2. The molecule has 0 radical (unpaired) electrons. The van der Waals surface area contributed by atoms with Gasteiger partial charge < -0.3 is 10.0 Å². The van der Waals surface area contributed by atoms with E-state index in [1.807, 2.05) is 35.7 Å². The number of nitrogens with zero attached hydrogens (tertiary/aromatic N) is 3. The molecule has 4 rings (SSSR count). The van der Waals surface area contributed by atoms with Gasteiger partial charge >= 0.3 is 0 Å². The average Bonchev–Trinajstić information content (AvgIpc) is 3.35. The molecule has 3 heterocycles. The Morgan fingerprint density at radius 1 is 1.20 bits per heavy atom. The number of hydrogen-bond acceptors (Lipinski definition) is 5. The highest BCUT2D eigenvalue weighted by atomic mass is 32.1. The van der Waals surface area contributed by atoms with Crippen LogP contribution in [0.5, 0.6) is 0 Å². The van der Waals surface area contributed by atoms with Crippen molar-refractivity contribution in [2.24, 2.45) is 0 Å². The molecule has 0 spiro atoms. The lowest BCUT2D eigenvalue weighted by Gasteiger charge is -2.25. The number of aliphatic hydroxyl groups excluding tert-OH is 1. The third-order valence-electron chi connectivity index (χ3n) is 5.13. The normalized spacial score (nSPS) is 24.1. The van der Waals surface area contributed by atoms with Crippen LogP contribution in [-0.4, -0.2) is 64.1 Å². The van der Waals surface area contributed by atoms with Gasteiger partial charge in [0.1, 0.15) is 5.01 Å². The number of thiazole rings is 1. The van der Waals surface area contributed by atoms with Crippen LogP contribution in [0.4, 0.5) is 0 Å². The second-order valence-electron chi connectivity index (χ2n) is 6.86. The number of rotatable bonds is 4. The van der Waals surface area contributed by atoms with Gasteiger partial charge in [-0.15, -0.1) is 11.3 Å². The Hall–Kier alpha value is -1.76. The molecule has 132 valence electrons. The summed E-state index contributed by atoms with van der Waals surface area (Å²) in [7, 11) is 0. The van der Waals surface area contributed by atoms with Gasteiger partial charge in [0.05, 0.1) is 24.3 Å². The summed E-state index contributed by atoms with van der Waals surface area (Å²) in [6, 6.07) is 10.1. The van der Waals surface area contributed by atoms with Crippen molar-refractivity contribution in [3.8, 4) is 10.6 Å². The van der Waals surface area contributed by atoms with Crippen LogP contribution in [0.25, 0.3) is 10.6 Å². The van der Waals surface area contributed by atoms with Gasteiger partial charge in [0, 0.05) is 24.0 Å². The zero-order chi connectivity index (χ0) is 17.2. The standard InChI is InChI=1S/C19H23N3O2S/c23-17-12-22(11-16(17)21-8-4-5-9-21)18(24)10-15-13-25-19(20-15)14-6-2-1-3-7-14/h1-3,6-7,13,16-17,23H,4-5,8-12H2/t16-,17-/m0/s1. The molecular weight excluding hydrogens is 334 g/mol. The molecule has 0 unspecified atom stereocenters. The minimum Gasteiger partial charge on any atom is -0.390 e. The van der Waals surface area contributed by atoms with Crippen molar-refractivity contribution in [3.05, 3.63) is 41.4 Å². The van der Waals surface area contributed by atoms with E-state index in [1.54, 1.807) is 16.2 Å². The Morgan fingerprint density at radius 2 is 1.96 bits per heavy atom. The van der Waals surface area contributed by atoms with Gasteiger partial charge in [-0.05, 0) is 25.9 Å². The molecule has 2 aromatic rings. The summed E-state index contributed by atoms with van der Waals surface area (Å²) in [6.07, 6.45) is 2.26. The number of carbonyl (C=O) groups is 1. The molecule has 0 bridgehead atoms. The summed E-state index contributed by atoms with van der Waals surface area (Å²) >= 11 is 1.57. The van der Waals surface area contributed by atoms with Crippen molar-refractivity contribution in [2.75, 3.05) is 26.2 Å². The van der Waals surface area contributed by atoms with Crippen molar-refractivity contribution in [1.82, 2.24) is 14.8 Å². The van der Waals surface area contributed by atoms with E-state index in [2.05, 4.69) is 9.88 Å². The van der Waals surface area contributed by atoms with Crippen molar-refractivity contribution >= 4 is 17.2 Å². The number of benzene rings is 1. The monoisotopic (exact) mass is 357 g/mol. The SMILES string of the molecule is O=C(Cc1csc(-c2ccccc2)n1)N1C[C@H](O)[C@@H](N2CCCC2)C1. The third-order valence-corrected chi connectivity index (χ3v) is 6.07. The molecule has 1 aromatic carbocycles. The molecule has 2 aliphatic heterocycles. The molecule has 1 amide bonds. The molecule has 6 heteroatoms. The number of β-amino-alcohol motifs (C(OH)–C–C–N with tert-alkyl or cyclic N) is 1. The molecule has 2 aliphatic rings. The largest absolute Gasteiger partial charge is 0.390 e. The van der Waals surface area contributed by atoms with E-state index in [1.165, 1.54) is 12.8 Å². The van der Waals surface area contributed by atoms with Crippen molar-refractivity contribution in [1.29, 1.82) is 0 Å². The van der Waals surface area contributed by atoms with Crippen LogP contribution < -0.4 is 0 Å². The fourth-order valence-corrected chi connectivity index (χ4v) is 4.60. The summed E-state index contributed by atoms with van der Waals surface area (Å²) in [5.41, 5.74) is 1.89. The van der Waals surface area contributed by atoms with Crippen molar-refractivity contribution in [2.45, 2.75) is 31.4 Å². The maximum Gasteiger partial charge on any atom is 0.228 e. The Morgan fingerprint density at radius 3 is 2.72 bits per heavy atom. The summed E-state index contributed by atoms with van der Waals surface area (Å²) in [5.74, 6) is 0.0608. The Kier molecular flexibility index (Phi) is 4.83. The first-order valence-electron chi connectivity index (χ1n) is 8.90. The first-order chi connectivity index (χ1) is 12.2. The second-order valence-corrected chi connectivity index (χ2v) is 7.72. The van der Waals surface area contributed by atoms with Crippen LogP contribution in [0.15, 0.2) is 35.7 Å². The minimum atomic E-state index is -0.433. The van der Waals surface area contributed by atoms with Gasteiger partial charge in [0.2, 0.25) is 5.91 Å². The van der Waals surface area contributed by atoms with Gasteiger partial charge in [-0.25, -0.2) is 4.98 Å². The van der Waals surface area contributed by atoms with Crippen molar-refractivity contribution < 1.29 is 9.90 Å². The first-order valence-corrected chi connectivity index (χ1v) is 9.78. The first kappa shape index (κ1) is 16.7. The average molecular weight is 357 g/mol. The number of hydrogen-bond donors (Lipinski definition) is 1. The smallest absolute Gasteiger partial charge is 0.228 e. The summed E-state index contributed by atoms with van der Waals surface area (Å²) in [5, 5.41) is 13.2. The highest BCUT2D eigenvalue weighted by Crippen LogP contribution is 2.25. The number of aliphatic hydroxyl groups is 1. The third kappa shape index (κ3) is 3.61. The molecule has 2 fully saturated rings. The van der Waals surface area contributed by atoms with Gasteiger partial charge in [-0.1, -0.05) is 30.3 Å². The Labute approximate surface area is 151 Å². The molecule has 1 aromatic heterocycles. The van der Waals surface area contributed by atoms with E-state index in [0.29, 0.717) is 19.5 Å². The van der Waals surface area contributed by atoms with Gasteiger partial charge in [-0.2, -0.15) is 0 Å². The summed E-state index contributed by atoms with van der Waals surface area (Å²) in [6.45, 7) is 3.15. The maximum atomic E-state index is 12.6. The van der Waals surface area contributed by atoms with E-state index in [4.69, 9.17) is 0 Å². The molecular formula is C19H23N3O2S. The summed E-state index contributed by atoms with van der Waals surface area (Å²) in [4.78, 5) is 21.4. The minimum absolute atomic E-state index is 0.0608. The van der Waals surface area contributed by atoms with Crippen LogP contribution in [0.1, 0.15) is 18.5 Å². The van der Waals surface area contributed by atoms with Crippen LogP contribution in [0, 0.1) is 0 Å². The molecule has 2 atom stereocenters. The number of aromatic nitrogens is 1. The topological polar surface area (TPSA) is 56.7 Å². The van der Waals surface area contributed by atoms with Gasteiger partial charge in [0.15, 0.2) is 0 Å². The molecule has 1 N–H and O–H groups in total. The number of amides is 1. The second kappa shape index (κ2) is 7.23. The highest BCUT2D eigenvalue weighted by Gasteiger charge is 2.38. The predicted octanol–water partition coefficient (Wildman–Crippen LogP) is 2.02. The van der Waals surface area contributed by atoms with E-state index in [-0.39, 0.29) is 11.9 Å². The fourth-order valence-electron chi connectivity index (χ4n) is 3.77. The maximum absolute atomic E-state index is 12.6. The van der Waals surface area contributed by atoms with Crippen LogP contribution >= 0.6 is 11.3 Å². The lowest BCUT2D eigenvalue weighted by Crippen LogP contribution is -2.41. The molecule has 2 saturated heterocycles. The Bertz CT molecular complexity index is 727. The summed E-state index contributed by atoms with van der Waals surface area (Å²) < 4.78 is 0. The predicted molar refractivity (Wildman–Crippen MR) is 98.4 cm³/mol. The lowest BCUT2D eigenvalue weighted by molar-refractivity contribution is -0.129. The van der Waals surface area contributed by atoms with Crippen molar-refractivity contribution in [3.63, 3.8) is 0 Å². The zero-order valence-corrected chi connectivity index (χ0v) is 15.0. The number of carbonyl (C=O) groups excluding carboxylic acids is 1. The fraction of sp³-hybridized carbons (Fsp3) is 0.474. The molecule has 0 aliphatic carbocycles. The van der Waals surface area contributed by atoms with Gasteiger partial charge in [-0.3, -0.25) is 9.69 Å². The van der Waals surface area contributed by atoms with E-state index in [9.17, 15) is 9.90 Å². The quantitative estimate of drug-likeness (QED) is 0.910. The van der Waals surface area contributed by atoms with Crippen LogP contribution in [0.2, 0.25) is 0 Å². The lowest BCUT2D eigenvalue weighted by atomic mass is 10.2. The highest BCUT2D eigenvalue weighted by molar-refractivity contribution is 7.13. The Balaban J connectivity index is 1.38.